The monoisotopic (exact) mass is 384 g/mol. The van der Waals surface area contributed by atoms with Gasteiger partial charge in [-0.2, -0.15) is 0 Å². The maximum Gasteiger partial charge on any atom is 0.317 e. The summed E-state index contributed by atoms with van der Waals surface area (Å²) >= 11 is 0. The molecule has 0 aliphatic heterocycles. The van der Waals surface area contributed by atoms with Crippen LogP contribution in [-0.2, 0) is 19.1 Å². The highest BCUT2D eigenvalue weighted by atomic mass is 16.6. The van der Waals surface area contributed by atoms with Crippen LogP contribution in [-0.4, -0.2) is 24.1 Å². The van der Waals surface area contributed by atoms with E-state index in [0.29, 0.717) is 0 Å². The van der Waals surface area contributed by atoms with Gasteiger partial charge in [-0.3, -0.25) is 9.59 Å². The van der Waals surface area contributed by atoms with Gasteiger partial charge >= 0.3 is 11.9 Å². The Labute approximate surface area is 167 Å². The van der Waals surface area contributed by atoms with Gasteiger partial charge in [-0.1, -0.05) is 79.1 Å². The third kappa shape index (κ3) is 15.7. The summed E-state index contributed by atoms with van der Waals surface area (Å²) in [7, 11) is 0. The Hall–Kier alpha value is -1.06. The van der Waals surface area contributed by atoms with Gasteiger partial charge in [0, 0.05) is 0 Å². The second kappa shape index (κ2) is 18.3. The quantitative estimate of drug-likeness (QED) is 0.149. The van der Waals surface area contributed by atoms with Gasteiger partial charge < -0.3 is 9.47 Å². The third-order valence-electron chi connectivity index (χ3n) is 4.87. The van der Waals surface area contributed by atoms with Gasteiger partial charge in [-0.25, -0.2) is 0 Å². The summed E-state index contributed by atoms with van der Waals surface area (Å²) in [5.74, 6) is -0.870. The lowest BCUT2D eigenvalue weighted by molar-refractivity contribution is -0.161. The molecule has 2 unspecified atom stereocenters. The van der Waals surface area contributed by atoms with E-state index in [0.717, 1.165) is 51.4 Å². The van der Waals surface area contributed by atoms with Crippen LogP contribution in [0.4, 0.5) is 0 Å². The predicted octanol–water partition coefficient (Wildman–Crippen LogP) is 6.74. The number of unbranched alkanes of at least 4 members (excludes halogenated alkanes) is 6. The van der Waals surface area contributed by atoms with Crippen molar-refractivity contribution in [3.05, 3.63) is 0 Å². The zero-order valence-corrected chi connectivity index (χ0v) is 18.4. The van der Waals surface area contributed by atoms with E-state index in [9.17, 15) is 9.59 Å². The number of ether oxygens (including phenoxy) is 2. The molecule has 0 aromatic rings. The minimum Gasteiger partial charge on any atom is -0.462 e. The molecule has 0 bridgehead atoms. The molecule has 0 aliphatic rings. The lowest BCUT2D eigenvalue weighted by Gasteiger charge is -2.19. The van der Waals surface area contributed by atoms with Crippen LogP contribution in [0.3, 0.4) is 0 Å². The zero-order chi connectivity index (χ0) is 20.3. The van der Waals surface area contributed by atoms with Gasteiger partial charge in [0.1, 0.15) is 18.6 Å². The molecule has 0 aliphatic carbocycles. The molecule has 0 amide bonds. The van der Waals surface area contributed by atoms with Crippen LogP contribution in [0.2, 0.25) is 0 Å². The summed E-state index contributed by atoms with van der Waals surface area (Å²) < 4.78 is 11.1. The Morgan fingerprint density at radius 2 is 0.963 bits per heavy atom. The predicted molar refractivity (Wildman–Crippen MR) is 112 cm³/mol. The number of hydrogen-bond donors (Lipinski definition) is 0. The lowest BCUT2D eigenvalue weighted by Crippen LogP contribution is -2.24. The molecular formula is C23H44O4. The molecule has 0 aromatic carbocycles. The smallest absolute Gasteiger partial charge is 0.317 e. The van der Waals surface area contributed by atoms with E-state index in [1.807, 2.05) is 0 Å². The SMILES string of the molecule is CCCCCCC(CCC)OC(=O)CC(=O)OC(CCC)CCCCCC. The van der Waals surface area contributed by atoms with Crippen LogP contribution in [0.5, 0.6) is 0 Å². The van der Waals surface area contributed by atoms with Gasteiger partial charge in [0.2, 0.25) is 0 Å². The van der Waals surface area contributed by atoms with Crippen molar-refractivity contribution in [3.8, 4) is 0 Å². The zero-order valence-electron chi connectivity index (χ0n) is 18.4. The first-order chi connectivity index (χ1) is 13.1. The molecule has 0 rings (SSSR count). The largest absolute Gasteiger partial charge is 0.462 e. The fourth-order valence-corrected chi connectivity index (χ4v) is 3.34. The van der Waals surface area contributed by atoms with E-state index in [-0.39, 0.29) is 18.6 Å². The van der Waals surface area contributed by atoms with Crippen molar-refractivity contribution in [2.24, 2.45) is 0 Å². The minimum atomic E-state index is -0.435. The summed E-state index contributed by atoms with van der Waals surface area (Å²) in [4.78, 5) is 24.3. The van der Waals surface area contributed by atoms with Gasteiger partial charge in [-0.05, 0) is 38.5 Å². The number of esters is 2. The Kier molecular flexibility index (Phi) is 17.6. The van der Waals surface area contributed by atoms with Crippen molar-refractivity contribution >= 4 is 11.9 Å². The first kappa shape index (κ1) is 25.9. The Balaban J connectivity index is 4.26. The maximum atomic E-state index is 12.1. The van der Waals surface area contributed by atoms with Crippen molar-refractivity contribution < 1.29 is 19.1 Å². The molecule has 0 saturated carbocycles. The molecule has 0 N–H and O–H groups in total. The Morgan fingerprint density at radius 1 is 0.556 bits per heavy atom. The maximum absolute atomic E-state index is 12.1. The first-order valence-electron chi connectivity index (χ1n) is 11.5. The van der Waals surface area contributed by atoms with Gasteiger partial charge in [0.15, 0.2) is 0 Å². The fraction of sp³-hybridized carbons (Fsp3) is 0.913. The normalized spacial score (nSPS) is 13.2. The van der Waals surface area contributed by atoms with Crippen LogP contribution >= 0.6 is 0 Å². The molecule has 0 spiro atoms. The molecule has 2 atom stereocenters. The van der Waals surface area contributed by atoms with Gasteiger partial charge in [0.25, 0.3) is 0 Å². The topological polar surface area (TPSA) is 52.6 Å². The second-order valence-corrected chi connectivity index (χ2v) is 7.68. The van der Waals surface area contributed by atoms with Crippen LogP contribution in [0.25, 0.3) is 0 Å². The lowest BCUT2D eigenvalue weighted by atomic mass is 10.1. The fourth-order valence-electron chi connectivity index (χ4n) is 3.34. The first-order valence-corrected chi connectivity index (χ1v) is 11.5. The molecule has 0 radical (unpaired) electrons. The molecule has 27 heavy (non-hydrogen) atoms. The average Bonchev–Trinajstić information content (AvgIpc) is 2.62. The molecule has 4 nitrogen and oxygen atoms in total. The standard InChI is InChI=1S/C23H44O4/c1-5-9-11-13-17-20(15-7-3)26-22(24)19-23(25)27-21(16-8-4)18-14-12-10-6-2/h20-21H,5-19H2,1-4H3. The van der Waals surface area contributed by atoms with E-state index in [1.54, 1.807) is 0 Å². The molecule has 0 heterocycles. The van der Waals surface area contributed by atoms with Crippen LogP contribution < -0.4 is 0 Å². The van der Waals surface area contributed by atoms with Crippen molar-refractivity contribution in [1.82, 2.24) is 0 Å². The average molecular weight is 385 g/mol. The van der Waals surface area contributed by atoms with Crippen molar-refractivity contribution in [2.45, 2.75) is 136 Å². The van der Waals surface area contributed by atoms with Gasteiger partial charge in [-0.15, -0.1) is 0 Å². The Morgan fingerprint density at radius 3 is 1.30 bits per heavy atom. The van der Waals surface area contributed by atoms with Crippen LogP contribution in [0.1, 0.15) is 124 Å². The highest BCUT2D eigenvalue weighted by Gasteiger charge is 2.20. The van der Waals surface area contributed by atoms with E-state index in [1.165, 1.54) is 38.5 Å². The molecule has 0 saturated heterocycles. The van der Waals surface area contributed by atoms with Crippen molar-refractivity contribution in [1.29, 1.82) is 0 Å². The highest BCUT2D eigenvalue weighted by Crippen LogP contribution is 2.16. The number of carbonyl (C=O) groups is 2. The van der Waals surface area contributed by atoms with Crippen LogP contribution in [0.15, 0.2) is 0 Å². The molecule has 160 valence electrons. The van der Waals surface area contributed by atoms with E-state index >= 15 is 0 Å². The molecule has 0 aromatic heterocycles. The number of hydrogen-bond acceptors (Lipinski definition) is 4. The Bertz CT molecular complexity index is 333. The van der Waals surface area contributed by atoms with E-state index < -0.39 is 11.9 Å². The van der Waals surface area contributed by atoms with E-state index in [4.69, 9.17) is 9.47 Å². The summed E-state index contributed by atoms with van der Waals surface area (Å²) in [6.07, 6.45) is 14.4. The molecule has 0 fully saturated rings. The summed E-state index contributed by atoms with van der Waals surface area (Å²) in [6.45, 7) is 8.56. The van der Waals surface area contributed by atoms with Gasteiger partial charge in [0.05, 0.1) is 0 Å². The van der Waals surface area contributed by atoms with Crippen LogP contribution in [0, 0.1) is 0 Å². The molecular weight excluding hydrogens is 340 g/mol. The number of carbonyl (C=O) groups excluding carboxylic acids is 2. The second-order valence-electron chi connectivity index (χ2n) is 7.68. The summed E-state index contributed by atoms with van der Waals surface area (Å²) in [5, 5.41) is 0. The number of rotatable bonds is 18. The third-order valence-corrected chi connectivity index (χ3v) is 4.87. The highest BCUT2D eigenvalue weighted by molar-refractivity contribution is 5.91. The van der Waals surface area contributed by atoms with Crippen molar-refractivity contribution in [3.63, 3.8) is 0 Å². The van der Waals surface area contributed by atoms with Crippen molar-refractivity contribution in [2.75, 3.05) is 0 Å². The molecule has 4 heteroatoms. The summed E-state index contributed by atoms with van der Waals surface area (Å²) in [5.41, 5.74) is 0. The van der Waals surface area contributed by atoms with E-state index in [2.05, 4.69) is 27.7 Å². The minimum absolute atomic E-state index is 0.0624. The summed E-state index contributed by atoms with van der Waals surface area (Å²) in [6, 6.07) is 0.